The number of hydrogen-bond acceptors (Lipinski definition) is 3. The lowest BCUT2D eigenvalue weighted by Gasteiger charge is -2.27. The number of aromatic nitrogens is 3. The van der Waals surface area contributed by atoms with Gasteiger partial charge in [-0.05, 0) is 48.8 Å². The first-order chi connectivity index (χ1) is 18.2. The number of nitrogens with one attached hydrogen (secondary N) is 1. The van der Waals surface area contributed by atoms with Crippen molar-refractivity contribution in [2.24, 2.45) is 0 Å². The van der Waals surface area contributed by atoms with E-state index in [0.29, 0.717) is 5.49 Å². The fourth-order valence-corrected chi connectivity index (χ4v) is 5.77. The molecule has 0 unspecified atom stereocenters. The lowest BCUT2D eigenvalue weighted by atomic mass is 9.93. The van der Waals surface area contributed by atoms with Gasteiger partial charge in [-0.15, -0.1) is 0 Å². The van der Waals surface area contributed by atoms with E-state index < -0.39 is 0 Å². The van der Waals surface area contributed by atoms with Gasteiger partial charge in [-0.1, -0.05) is 91.0 Å². The fraction of sp³-hybridized carbons (Fsp3) is 0.250. The van der Waals surface area contributed by atoms with Gasteiger partial charge in [-0.3, -0.25) is 5.41 Å². The van der Waals surface area contributed by atoms with E-state index in [9.17, 15) is 10.5 Å². The Morgan fingerprint density at radius 1 is 0.784 bits per heavy atom. The summed E-state index contributed by atoms with van der Waals surface area (Å²) in [5.41, 5.74) is 7.03. The largest absolute Gasteiger partial charge is 0.393 e. The molecule has 0 bridgehead atoms. The molecule has 1 fully saturated rings. The standard InChI is InChI=1S/C32H32N4O/c33-31-29-28(24-12-6-2-7-13-24)30(25-14-8-3-9-15-25)35(21-20-23-10-4-1-5-11-23)32(29)34-22-36(31)26-16-18-27(37)19-17-26/h1-15,22,26-27,33,37H,16-21H2/t26-,27-. The van der Waals surface area contributed by atoms with E-state index in [2.05, 4.69) is 77.4 Å². The molecule has 0 saturated heterocycles. The summed E-state index contributed by atoms with van der Waals surface area (Å²) < 4.78 is 4.35. The van der Waals surface area contributed by atoms with Crippen LogP contribution in [0.5, 0.6) is 0 Å². The summed E-state index contributed by atoms with van der Waals surface area (Å²) in [5.74, 6) is 0. The second kappa shape index (κ2) is 10.2. The molecule has 0 amide bonds. The highest BCUT2D eigenvalue weighted by Crippen LogP contribution is 2.39. The van der Waals surface area contributed by atoms with Crippen LogP contribution in [0, 0.1) is 5.41 Å². The van der Waals surface area contributed by atoms with Crippen molar-refractivity contribution < 1.29 is 5.11 Å². The zero-order valence-corrected chi connectivity index (χ0v) is 20.9. The van der Waals surface area contributed by atoms with Crippen LogP contribution >= 0.6 is 0 Å². The van der Waals surface area contributed by atoms with Crippen molar-refractivity contribution >= 4 is 11.0 Å². The maximum absolute atomic E-state index is 10.1. The van der Waals surface area contributed by atoms with E-state index in [1.165, 1.54) is 5.56 Å². The van der Waals surface area contributed by atoms with E-state index in [1.807, 2.05) is 29.1 Å². The van der Waals surface area contributed by atoms with Crippen LogP contribution in [0.25, 0.3) is 33.4 Å². The quantitative estimate of drug-likeness (QED) is 0.292. The van der Waals surface area contributed by atoms with Crippen LogP contribution in [0.3, 0.4) is 0 Å². The highest BCUT2D eigenvalue weighted by atomic mass is 16.3. The molecule has 3 aromatic carbocycles. The summed E-state index contributed by atoms with van der Waals surface area (Å²) in [5, 5.41) is 20.4. The van der Waals surface area contributed by atoms with E-state index in [0.717, 1.165) is 72.1 Å². The lowest BCUT2D eigenvalue weighted by molar-refractivity contribution is 0.109. The van der Waals surface area contributed by atoms with Gasteiger partial charge < -0.3 is 14.2 Å². The van der Waals surface area contributed by atoms with Crippen molar-refractivity contribution in [1.29, 1.82) is 5.41 Å². The minimum atomic E-state index is -0.230. The third-order valence-corrected chi connectivity index (χ3v) is 7.67. The van der Waals surface area contributed by atoms with Crippen LogP contribution in [-0.4, -0.2) is 25.3 Å². The first-order valence-electron chi connectivity index (χ1n) is 13.2. The Morgan fingerprint density at radius 2 is 1.38 bits per heavy atom. The second-order valence-electron chi connectivity index (χ2n) is 10.0. The minimum absolute atomic E-state index is 0.185. The Hall–Kier alpha value is -3.96. The molecule has 2 N–H and O–H groups in total. The third-order valence-electron chi connectivity index (χ3n) is 7.67. The smallest absolute Gasteiger partial charge is 0.146 e. The van der Waals surface area contributed by atoms with Crippen LogP contribution in [0.1, 0.15) is 37.3 Å². The summed E-state index contributed by atoms with van der Waals surface area (Å²) in [7, 11) is 0. The van der Waals surface area contributed by atoms with Crippen LogP contribution in [-0.2, 0) is 13.0 Å². The molecule has 2 aromatic heterocycles. The Kier molecular flexibility index (Phi) is 6.46. The summed E-state index contributed by atoms with van der Waals surface area (Å²) in [6, 6.07) is 31.7. The van der Waals surface area contributed by atoms with Gasteiger partial charge in [0.25, 0.3) is 0 Å². The number of benzene rings is 3. The van der Waals surface area contributed by atoms with Crippen LogP contribution in [0.15, 0.2) is 97.3 Å². The number of rotatable bonds is 6. The minimum Gasteiger partial charge on any atom is -0.393 e. The van der Waals surface area contributed by atoms with Gasteiger partial charge in [-0.25, -0.2) is 4.98 Å². The van der Waals surface area contributed by atoms with Gasteiger partial charge in [0.15, 0.2) is 0 Å². The molecular weight excluding hydrogens is 456 g/mol. The van der Waals surface area contributed by atoms with Crippen LogP contribution < -0.4 is 5.49 Å². The van der Waals surface area contributed by atoms with E-state index >= 15 is 0 Å². The first-order valence-corrected chi connectivity index (χ1v) is 13.2. The summed E-state index contributed by atoms with van der Waals surface area (Å²) in [6.07, 6.45) is 5.78. The van der Waals surface area contributed by atoms with Crippen molar-refractivity contribution in [2.45, 2.75) is 50.8 Å². The molecule has 0 spiro atoms. The number of fused-ring (bicyclic) bond motifs is 1. The normalized spacial score (nSPS) is 17.8. The van der Waals surface area contributed by atoms with Crippen molar-refractivity contribution in [2.75, 3.05) is 0 Å². The molecular formula is C32H32N4O. The van der Waals surface area contributed by atoms with Crippen molar-refractivity contribution in [3.8, 4) is 22.4 Å². The Bertz CT molecular complexity index is 1550. The second-order valence-corrected chi connectivity index (χ2v) is 10.0. The topological polar surface area (TPSA) is 66.8 Å². The maximum atomic E-state index is 10.1. The molecule has 5 aromatic rings. The first kappa shape index (κ1) is 23.4. The molecule has 0 atom stereocenters. The SMILES string of the molecule is N=c1c2c(-c3ccccc3)c(-c3ccccc3)n(CCc3ccccc3)c2ncn1[C@H]1CC[C@H](O)CC1. The number of hydrogen-bond donors (Lipinski definition) is 2. The summed E-state index contributed by atoms with van der Waals surface area (Å²) >= 11 is 0. The van der Waals surface area contributed by atoms with Crippen molar-refractivity contribution in [3.63, 3.8) is 0 Å². The fourth-order valence-electron chi connectivity index (χ4n) is 5.77. The number of nitrogens with zero attached hydrogens (tertiary/aromatic N) is 3. The van der Waals surface area contributed by atoms with E-state index in [-0.39, 0.29) is 12.1 Å². The number of aliphatic hydroxyl groups is 1. The Balaban J connectivity index is 1.60. The lowest BCUT2D eigenvalue weighted by Crippen LogP contribution is -2.29. The average molecular weight is 489 g/mol. The van der Waals surface area contributed by atoms with Crippen molar-refractivity contribution in [1.82, 2.24) is 14.1 Å². The molecule has 1 saturated carbocycles. The van der Waals surface area contributed by atoms with Gasteiger partial charge in [-0.2, -0.15) is 0 Å². The Morgan fingerprint density at radius 3 is 2.03 bits per heavy atom. The zero-order valence-electron chi connectivity index (χ0n) is 20.9. The van der Waals surface area contributed by atoms with Gasteiger partial charge >= 0.3 is 0 Å². The molecule has 1 aliphatic carbocycles. The van der Waals surface area contributed by atoms with Gasteiger partial charge in [0.1, 0.15) is 11.1 Å². The van der Waals surface area contributed by atoms with E-state index in [4.69, 9.17) is 4.98 Å². The predicted octanol–water partition coefficient (Wildman–Crippen LogP) is 6.37. The maximum Gasteiger partial charge on any atom is 0.146 e. The van der Waals surface area contributed by atoms with Gasteiger partial charge in [0, 0.05) is 18.2 Å². The molecule has 2 heterocycles. The molecule has 1 aliphatic rings. The zero-order chi connectivity index (χ0) is 25.2. The van der Waals surface area contributed by atoms with Crippen LogP contribution in [0.4, 0.5) is 0 Å². The monoisotopic (exact) mass is 488 g/mol. The summed E-state index contributed by atoms with van der Waals surface area (Å²) in [6.45, 7) is 0.768. The molecule has 5 heteroatoms. The third kappa shape index (κ3) is 4.51. The molecule has 0 aliphatic heterocycles. The molecule has 0 radical (unpaired) electrons. The Labute approximate surface area is 217 Å². The molecule has 6 rings (SSSR count). The van der Waals surface area contributed by atoms with Crippen LogP contribution in [0.2, 0.25) is 0 Å². The van der Waals surface area contributed by atoms with Gasteiger partial charge in [0.05, 0.1) is 23.5 Å². The number of aliphatic hydroxyl groups excluding tert-OH is 1. The average Bonchev–Trinajstić information content (AvgIpc) is 3.29. The van der Waals surface area contributed by atoms with Crippen molar-refractivity contribution in [3.05, 3.63) is 108 Å². The van der Waals surface area contributed by atoms with Gasteiger partial charge in [0.2, 0.25) is 0 Å². The molecule has 186 valence electrons. The summed E-state index contributed by atoms with van der Waals surface area (Å²) in [4.78, 5) is 5.02. The molecule has 37 heavy (non-hydrogen) atoms. The number of aryl methyl sites for hydroxylation is 2. The highest BCUT2D eigenvalue weighted by molar-refractivity contribution is 6.02. The highest BCUT2D eigenvalue weighted by Gasteiger charge is 2.26. The predicted molar refractivity (Wildman–Crippen MR) is 148 cm³/mol. The molecule has 5 nitrogen and oxygen atoms in total. The van der Waals surface area contributed by atoms with E-state index in [1.54, 1.807) is 0 Å².